The summed E-state index contributed by atoms with van der Waals surface area (Å²) in [5, 5.41) is 12.7. The Labute approximate surface area is 208 Å². The third kappa shape index (κ3) is 5.04. The first-order valence-corrected chi connectivity index (χ1v) is 12.6. The van der Waals surface area contributed by atoms with Gasteiger partial charge in [-0.25, -0.2) is 13.4 Å². The zero-order valence-electron chi connectivity index (χ0n) is 19.0. The van der Waals surface area contributed by atoms with Crippen molar-refractivity contribution in [3.05, 3.63) is 71.4 Å². The number of aromatic nitrogens is 1. The van der Waals surface area contributed by atoms with Crippen LogP contribution in [0.15, 0.2) is 65.7 Å². The van der Waals surface area contributed by atoms with Gasteiger partial charge >= 0.3 is 0 Å². The normalized spacial score (nSPS) is 16.1. The lowest BCUT2D eigenvalue weighted by Crippen LogP contribution is -2.45. The molecule has 0 bridgehead atoms. The van der Waals surface area contributed by atoms with Gasteiger partial charge in [0.1, 0.15) is 22.4 Å². The van der Waals surface area contributed by atoms with Gasteiger partial charge in [-0.1, -0.05) is 41.9 Å². The van der Waals surface area contributed by atoms with Gasteiger partial charge in [-0.2, -0.15) is 0 Å². The first-order chi connectivity index (χ1) is 16.7. The smallest absolute Gasteiger partial charge is 0.268 e. The number of aliphatic hydroxyl groups excluding tert-OH is 1. The van der Waals surface area contributed by atoms with Crippen LogP contribution < -0.4 is 19.1 Å². The second kappa shape index (κ2) is 10.1. The Kier molecular flexibility index (Phi) is 7.15. The van der Waals surface area contributed by atoms with Gasteiger partial charge in [0, 0.05) is 5.02 Å². The molecular formula is C24H24ClN3O6S. The highest BCUT2D eigenvalue weighted by Crippen LogP contribution is 2.39. The predicted molar refractivity (Wildman–Crippen MR) is 132 cm³/mol. The van der Waals surface area contributed by atoms with E-state index in [2.05, 4.69) is 10.3 Å². The molecule has 4 rings (SSSR count). The van der Waals surface area contributed by atoms with Gasteiger partial charge in [0.2, 0.25) is 11.8 Å². The minimum atomic E-state index is -4.21. The number of carbonyl (C=O) groups is 1. The van der Waals surface area contributed by atoms with Crippen molar-refractivity contribution in [3.63, 3.8) is 0 Å². The highest BCUT2D eigenvalue weighted by Gasteiger charge is 2.37. The number of ether oxygens (including phenoxy) is 2. The number of amides is 1. The van der Waals surface area contributed by atoms with Crippen LogP contribution in [-0.4, -0.2) is 50.8 Å². The van der Waals surface area contributed by atoms with E-state index in [1.807, 2.05) is 30.3 Å². The van der Waals surface area contributed by atoms with Crippen LogP contribution in [0.4, 0.5) is 11.4 Å². The molecule has 1 aliphatic rings. The molecule has 184 valence electrons. The summed E-state index contributed by atoms with van der Waals surface area (Å²) in [6.45, 7) is 1.17. The maximum Gasteiger partial charge on any atom is 0.268 e. The van der Waals surface area contributed by atoms with E-state index in [0.717, 1.165) is 9.87 Å². The number of hydrogen-bond donors (Lipinski definition) is 2. The fourth-order valence-corrected chi connectivity index (χ4v) is 5.60. The van der Waals surface area contributed by atoms with Crippen LogP contribution in [0, 0.1) is 0 Å². The molecule has 2 N–H and O–H groups in total. The van der Waals surface area contributed by atoms with Gasteiger partial charge in [0.15, 0.2) is 0 Å². The fraction of sp³-hybridized carbons (Fsp3) is 0.250. The molecule has 2 atom stereocenters. The molecule has 0 spiro atoms. The van der Waals surface area contributed by atoms with Gasteiger partial charge in [-0.05, 0) is 36.8 Å². The Hall–Kier alpha value is -3.34. The number of sulfonamides is 1. The number of carbonyl (C=O) groups excluding carboxylic acids is 1. The molecule has 1 amide bonds. The molecule has 0 saturated carbocycles. The molecule has 0 aliphatic carbocycles. The molecule has 2 heterocycles. The Morgan fingerprint density at radius 2 is 2.03 bits per heavy atom. The summed E-state index contributed by atoms with van der Waals surface area (Å²) < 4.78 is 39.4. The van der Waals surface area contributed by atoms with Crippen molar-refractivity contribution in [2.24, 2.45) is 0 Å². The molecule has 1 aliphatic heterocycles. The second-order valence-electron chi connectivity index (χ2n) is 7.92. The maximum absolute atomic E-state index is 13.7. The number of benzene rings is 2. The largest absolute Gasteiger partial charge is 0.495 e. The monoisotopic (exact) mass is 517 g/mol. The van der Waals surface area contributed by atoms with Crippen molar-refractivity contribution in [3.8, 4) is 11.6 Å². The van der Waals surface area contributed by atoms with E-state index in [9.17, 15) is 18.3 Å². The van der Waals surface area contributed by atoms with Crippen molar-refractivity contribution >= 4 is 38.9 Å². The van der Waals surface area contributed by atoms with Crippen LogP contribution in [0.5, 0.6) is 11.6 Å². The van der Waals surface area contributed by atoms with Gasteiger partial charge < -0.3 is 19.9 Å². The zero-order chi connectivity index (χ0) is 25.2. The number of halogens is 1. The second-order valence-corrected chi connectivity index (χ2v) is 10.2. The van der Waals surface area contributed by atoms with Crippen LogP contribution in [0.25, 0.3) is 0 Å². The van der Waals surface area contributed by atoms with E-state index in [1.165, 1.54) is 37.6 Å². The van der Waals surface area contributed by atoms with Gasteiger partial charge in [-0.3, -0.25) is 9.10 Å². The molecule has 35 heavy (non-hydrogen) atoms. The summed E-state index contributed by atoms with van der Waals surface area (Å²) in [4.78, 5) is 16.9. The topological polar surface area (TPSA) is 118 Å². The number of hydrogen-bond acceptors (Lipinski definition) is 7. The number of nitrogens with zero attached hydrogens (tertiary/aromatic N) is 2. The van der Waals surface area contributed by atoms with Gasteiger partial charge in [-0.15, -0.1) is 0 Å². The molecular weight excluding hydrogens is 494 g/mol. The average Bonchev–Trinajstić information content (AvgIpc) is 2.87. The van der Waals surface area contributed by atoms with E-state index in [4.69, 9.17) is 21.1 Å². The summed E-state index contributed by atoms with van der Waals surface area (Å²) in [5.41, 5.74) is 1.24. The summed E-state index contributed by atoms with van der Waals surface area (Å²) >= 11 is 6.07. The minimum Gasteiger partial charge on any atom is -0.495 e. The van der Waals surface area contributed by atoms with Gasteiger partial charge in [0.05, 0.1) is 38.1 Å². The lowest BCUT2D eigenvalue weighted by atomic mass is 10.0. The number of aliphatic hydroxyl groups is 1. The molecule has 2 aromatic carbocycles. The maximum atomic E-state index is 13.7. The van der Waals surface area contributed by atoms with Crippen molar-refractivity contribution in [2.45, 2.75) is 23.8 Å². The van der Waals surface area contributed by atoms with E-state index >= 15 is 0 Å². The molecule has 11 heteroatoms. The Morgan fingerprint density at radius 1 is 1.29 bits per heavy atom. The molecule has 3 aromatic rings. The molecule has 0 radical (unpaired) electrons. The molecule has 0 fully saturated rings. The van der Waals surface area contributed by atoms with E-state index in [-0.39, 0.29) is 39.7 Å². The zero-order valence-corrected chi connectivity index (χ0v) is 20.6. The van der Waals surface area contributed by atoms with Crippen LogP contribution in [0.3, 0.4) is 0 Å². The number of pyridine rings is 1. The first kappa shape index (κ1) is 24.8. The Bertz CT molecular complexity index is 1340. The highest BCUT2D eigenvalue weighted by molar-refractivity contribution is 7.93. The number of anilines is 2. The van der Waals surface area contributed by atoms with Crippen LogP contribution >= 0.6 is 11.6 Å². The molecule has 9 nitrogen and oxygen atoms in total. The predicted octanol–water partition coefficient (Wildman–Crippen LogP) is 3.43. The highest BCUT2D eigenvalue weighted by atomic mass is 35.5. The van der Waals surface area contributed by atoms with Crippen LogP contribution in [0.1, 0.15) is 18.4 Å². The van der Waals surface area contributed by atoms with E-state index in [1.54, 1.807) is 6.92 Å². The lowest BCUT2D eigenvalue weighted by molar-refractivity contribution is -0.117. The lowest BCUT2D eigenvalue weighted by Gasteiger charge is -2.34. The summed E-state index contributed by atoms with van der Waals surface area (Å²) in [6.07, 6.45) is 0.535. The average molecular weight is 518 g/mol. The summed E-state index contributed by atoms with van der Waals surface area (Å²) in [5.74, 6) is -0.613. The van der Waals surface area contributed by atoms with Crippen molar-refractivity contribution in [2.75, 3.05) is 29.9 Å². The van der Waals surface area contributed by atoms with E-state index in [0.29, 0.717) is 5.69 Å². The number of fused-ring (bicyclic) bond motifs is 1. The number of nitrogens with one attached hydrogen (secondary N) is 1. The minimum absolute atomic E-state index is 0.00831. The number of methoxy groups -OCH3 is 1. The quantitative estimate of drug-likeness (QED) is 0.493. The van der Waals surface area contributed by atoms with Crippen molar-refractivity contribution < 1.29 is 27.8 Å². The summed E-state index contributed by atoms with van der Waals surface area (Å²) in [7, 11) is -2.85. The Morgan fingerprint density at radius 3 is 2.71 bits per heavy atom. The molecule has 1 aromatic heterocycles. The third-order valence-corrected chi connectivity index (χ3v) is 7.64. The standard InChI is InChI=1S/C24H24ClN3O6S/c1-15(16-6-4-3-5-7-16)23(30)27-18-11-20-24(26-12-18)34-19(14-29)13-28(20)35(31,32)22-10-17(25)8-9-21(22)33-2/h3-12,15,19,29H,13-14H2,1-2H3,(H,27,30)/t15-,19+/m0/s1. The first-order valence-electron chi connectivity index (χ1n) is 10.7. The number of rotatable bonds is 7. The van der Waals surface area contributed by atoms with Crippen molar-refractivity contribution in [1.29, 1.82) is 0 Å². The van der Waals surface area contributed by atoms with E-state index < -0.39 is 28.7 Å². The molecule has 0 saturated heterocycles. The van der Waals surface area contributed by atoms with Crippen molar-refractivity contribution in [1.82, 2.24) is 4.98 Å². The SMILES string of the molecule is COc1ccc(Cl)cc1S(=O)(=O)N1C[C@H](CO)Oc2ncc(NC(=O)[C@@H](C)c3ccccc3)cc21. The fourth-order valence-electron chi connectivity index (χ4n) is 3.69. The van der Waals surface area contributed by atoms with Crippen LogP contribution in [0.2, 0.25) is 5.02 Å². The third-order valence-electron chi connectivity index (χ3n) is 5.61. The Balaban J connectivity index is 1.71. The summed E-state index contributed by atoms with van der Waals surface area (Å²) in [6, 6.07) is 15.0. The van der Waals surface area contributed by atoms with Crippen LogP contribution in [-0.2, 0) is 14.8 Å². The van der Waals surface area contributed by atoms with Gasteiger partial charge in [0.25, 0.3) is 10.0 Å². The molecule has 0 unspecified atom stereocenters.